The standard InChI is InChI=1S/C21H28FN3O2.H2/c22-19-8-5-12-23-20(19)24-16-18-9-13-25(14-10-18)21(26)27-15-11-17-6-3-1-2-4-7-17;/h1-2,5-6,8,12,18H,3-4,7,9-11,13-16H2,(H,23,24);1H. The molecule has 1 aliphatic carbocycles. The maximum atomic E-state index is 13.6. The number of carbonyl (C=O) groups is 1. The van der Waals surface area contributed by atoms with Crippen molar-refractivity contribution in [1.29, 1.82) is 0 Å². The maximum absolute atomic E-state index is 13.6. The van der Waals surface area contributed by atoms with Crippen molar-refractivity contribution in [2.45, 2.75) is 38.5 Å². The lowest BCUT2D eigenvalue weighted by Crippen LogP contribution is -2.40. The molecule has 27 heavy (non-hydrogen) atoms. The predicted octanol–water partition coefficient (Wildman–Crippen LogP) is 4.78. The van der Waals surface area contributed by atoms with Crippen molar-refractivity contribution in [2.75, 3.05) is 31.6 Å². The zero-order valence-corrected chi connectivity index (χ0v) is 15.7. The smallest absolute Gasteiger partial charge is 0.409 e. The highest BCUT2D eigenvalue weighted by Gasteiger charge is 2.24. The lowest BCUT2D eigenvalue weighted by atomic mass is 9.97. The number of anilines is 1. The third-order valence-corrected chi connectivity index (χ3v) is 5.18. The van der Waals surface area contributed by atoms with Gasteiger partial charge in [0.1, 0.15) is 0 Å². The molecule has 5 nitrogen and oxygen atoms in total. The van der Waals surface area contributed by atoms with Gasteiger partial charge in [0.2, 0.25) is 0 Å². The average molecular weight is 375 g/mol. The second kappa shape index (κ2) is 10.1. The zero-order chi connectivity index (χ0) is 18.9. The molecular formula is C21H30FN3O2. The Bertz CT molecular complexity index is 688. The number of hydrogen-bond donors (Lipinski definition) is 1. The second-order valence-corrected chi connectivity index (χ2v) is 7.12. The summed E-state index contributed by atoms with van der Waals surface area (Å²) in [5, 5.41) is 3.07. The largest absolute Gasteiger partial charge is 0.449 e. The number of hydrogen-bond acceptors (Lipinski definition) is 4. The number of ether oxygens (including phenoxy) is 1. The Balaban J connectivity index is 0.00000280. The quantitative estimate of drug-likeness (QED) is 0.727. The predicted molar refractivity (Wildman–Crippen MR) is 106 cm³/mol. The third-order valence-electron chi connectivity index (χ3n) is 5.18. The molecule has 1 saturated heterocycles. The van der Waals surface area contributed by atoms with Crippen LogP contribution < -0.4 is 5.32 Å². The lowest BCUT2D eigenvalue weighted by Gasteiger charge is -2.31. The van der Waals surface area contributed by atoms with Crippen LogP contribution in [-0.2, 0) is 4.74 Å². The Morgan fingerprint density at radius 2 is 2.22 bits per heavy atom. The number of nitrogens with zero attached hydrogens (tertiary/aromatic N) is 2. The van der Waals surface area contributed by atoms with E-state index in [4.69, 9.17) is 4.74 Å². The van der Waals surface area contributed by atoms with E-state index in [1.165, 1.54) is 11.6 Å². The fraction of sp³-hybridized carbons (Fsp3) is 0.524. The first kappa shape index (κ1) is 19.4. The number of halogens is 1. The molecule has 0 saturated carbocycles. The molecule has 0 bridgehead atoms. The van der Waals surface area contributed by atoms with Gasteiger partial charge in [-0.1, -0.05) is 23.8 Å². The van der Waals surface area contributed by atoms with Gasteiger partial charge in [-0.05, 0) is 50.2 Å². The molecule has 6 heteroatoms. The summed E-state index contributed by atoms with van der Waals surface area (Å²) < 4.78 is 19.0. The van der Waals surface area contributed by atoms with E-state index < -0.39 is 0 Å². The minimum Gasteiger partial charge on any atom is -0.449 e. The van der Waals surface area contributed by atoms with Crippen molar-refractivity contribution in [3.05, 3.63) is 47.9 Å². The number of likely N-dealkylation sites (tertiary alicyclic amines) is 1. The average Bonchev–Trinajstić information content (AvgIpc) is 2.96. The lowest BCUT2D eigenvalue weighted by molar-refractivity contribution is 0.0894. The zero-order valence-electron chi connectivity index (χ0n) is 15.7. The number of rotatable bonds is 6. The van der Waals surface area contributed by atoms with Crippen LogP contribution in [0.2, 0.25) is 0 Å². The van der Waals surface area contributed by atoms with E-state index in [2.05, 4.69) is 28.5 Å². The van der Waals surface area contributed by atoms with E-state index in [1.807, 2.05) is 0 Å². The number of allylic oxidation sites excluding steroid dienone is 3. The van der Waals surface area contributed by atoms with Gasteiger partial charge in [0.15, 0.2) is 11.6 Å². The van der Waals surface area contributed by atoms with Gasteiger partial charge >= 0.3 is 6.09 Å². The van der Waals surface area contributed by atoms with Crippen molar-refractivity contribution in [2.24, 2.45) is 5.92 Å². The normalized spacial score (nSPS) is 18.0. The van der Waals surface area contributed by atoms with E-state index in [-0.39, 0.29) is 13.3 Å². The fourth-order valence-electron chi connectivity index (χ4n) is 3.48. The number of aromatic nitrogens is 1. The molecule has 1 aliphatic heterocycles. The Hall–Kier alpha value is -2.37. The van der Waals surface area contributed by atoms with Crippen molar-refractivity contribution < 1.29 is 15.3 Å². The molecule has 2 aliphatic rings. The fourth-order valence-corrected chi connectivity index (χ4v) is 3.48. The van der Waals surface area contributed by atoms with Crippen LogP contribution in [0, 0.1) is 11.7 Å². The number of carbonyl (C=O) groups excluding carboxylic acids is 1. The SMILES string of the molecule is O=C(OCCC1=CCC=CCC1)N1CCC(CNc2ncccc2F)CC1.[HH]. The molecule has 0 atom stereocenters. The summed E-state index contributed by atoms with van der Waals surface area (Å²) in [4.78, 5) is 18.0. The van der Waals surface area contributed by atoms with Gasteiger partial charge in [0.25, 0.3) is 0 Å². The van der Waals surface area contributed by atoms with E-state index in [0.29, 0.717) is 38.0 Å². The van der Waals surface area contributed by atoms with Gasteiger partial charge in [0, 0.05) is 33.7 Å². The van der Waals surface area contributed by atoms with Gasteiger partial charge in [-0.3, -0.25) is 0 Å². The molecule has 148 valence electrons. The maximum Gasteiger partial charge on any atom is 0.409 e. The van der Waals surface area contributed by atoms with Crippen LogP contribution in [0.25, 0.3) is 0 Å². The van der Waals surface area contributed by atoms with Gasteiger partial charge in [-0.25, -0.2) is 14.2 Å². The minimum absolute atomic E-state index is 0. The number of nitrogens with one attached hydrogen (secondary N) is 1. The molecule has 1 aromatic rings. The molecule has 3 rings (SSSR count). The second-order valence-electron chi connectivity index (χ2n) is 7.12. The Morgan fingerprint density at radius 3 is 3.04 bits per heavy atom. The first-order valence-corrected chi connectivity index (χ1v) is 9.81. The molecule has 0 spiro atoms. The van der Waals surface area contributed by atoms with Crippen molar-refractivity contribution in [3.8, 4) is 0 Å². The van der Waals surface area contributed by atoms with Crippen LogP contribution >= 0.6 is 0 Å². The first-order chi connectivity index (χ1) is 13.2. The first-order valence-electron chi connectivity index (χ1n) is 9.81. The van der Waals surface area contributed by atoms with Crippen LogP contribution in [0.4, 0.5) is 15.0 Å². The summed E-state index contributed by atoms with van der Waals surface area (Å²) in [6, 6.07) is 2.98. The summed E-state index contributed by atoms with van der Waals surface area (Å²) in [5.74, 6) is 0.361. The van der Waals surface area contributed by atoms with Crippen LogP contribution in [0.15, 0.2) is 42.1 Å². The monoisotopic (exact) mass is 375 g/mol. The van der Waals surface area contributed by atoms with E-state index in [1.54, 1.807) is 17.2 Å². The van der Waals surface area contributed by atoms with E-state index >= 15 is 0 Å². The molecule has 1 aromatic heterocycles. The molecule has 1 fully saturated rings. The van der Waals surface area contributed by atoms with Gasteiger partial charge in [-0.2, -0.15) is 0 Å². The molecule has 0 radical (unpaired) electrons. The van der Waals surface area contributed by atoms with Gasteiger partial charge in [0.05, 0.1) is 6.61 Å². The topological polar surface area (TPSA) is 54.5 Å². The highest BCUT2D eigenvalue weighted by atomic mass is 19.1. The molecule has 1 N–H and O–H groups in total. The van der Waals surface area contributed by atoms with Crippen molar-refractivity contribution >= 4 is 11.9 Å². The molecule has 1 amide bonds. The molecular weight excluding hydrogens is 345 g/mol. The summed E-state index contributed by atoms with van der Waals surface area (Å²) >= 11 is 0. The summed E-state index contributed by atoms with van der Waals surface area (Å²) in [7, 11) is 0. The Kier molecular flexibility index (Phi) is 7.25. The van der Waals surface area contributed by atoms with Gasteiger partial charge < -0.3 is 15.0 Å². The molecule has 2 heterocycles. The highest BCUT2D eigenvalue weighted by molar-refractivity contribution is 5.67. The summed E-state index contributed by atoms with van der Waals surface area (Å²) in [5.41, 5.74) is 1.37. The van der Waals surface area contributed by atoms with Crippen molar-refractivity contribution in [3.63, 3.8) is 0 Å². The third kappa shape index (κ3) is 6.08. The van der Waals surface area contributed by atoms with Crippen LogP contribution in [-0.4, -0.2) is 42.2 Å². The van der Waals surface area contributed by atoms with Crippen molar-refractivity contribution in [1.82, 2.24) is 9.88 Å². The van der Waals surface area contributed by atoms with Crippen LogP contribution in [0.5, 0.6) is 0 Å². The van der Waals surface area contributed by atoms with E-state index in [9.17, 15) is 9.18 Å². The minimum atomic E-state index is -0.335. The summed E-state index contributed by atoms with van der Waals surface area (Å²) in [6.45, 7) is 2.48. The summed E-state index contributed by atoms with van der Waals surface area (Å²) in [6.07, 6.45) is 13.7. The van der Waals surface area contributed by atoms with E-state index in [0.717, 1.165) is 38.5 Å². The van der Waals surface area contributed by atoms with Gasteiger partial charge in [-0.15, -0.1) is 0 Å². The number of pyridine rings is 1. The number of piperidine rings is 1. The Labute approximate surface area is 161 Å². The molecule has 0 unspecified atom stereocenters. The molecule has 0 aromatic carbocycles. The Morgan fingerprint density at radius 1 is 1.37 bits per heavy atom. The van der Waals surface area contributed by atoms with Crippen LogP contribution in [0.3, 0.4) is 0 Å². The van der Waals surface area contributed by atoms with Crippen LogP contribution in [0.1, 0.15) is 40.0 Å². The number of amides is 1. The highest BCUT2D eigenvalue weighted by Crippen LogP contribution is 2.20.